The SMILES string of the molecule is O=C(NC1CCCC1)[C@@H](c1ccc(F)cc1)N(C(=O)c1cccs1)c1cccc(F)c1. The second kappa shape index (κ2) is 9.39. The first-order valence-electron chi connectivity index (χ1n) is 10.2. The van der Waals surface area contributed by atoms with E-state index in [2.05, 4.69) is 5.32 Å². The summed E-state index contributed by atoms with van der Waals surface area (Å²) in [6.07, 6.45) is 3.82. The second-order valence-electron chi connectivity index (χ2n) is 7.58. The number of anilines is 1. The van der Waals surface area contributed by atoms with Gasteiger partial charge in [-0.2, -0.15) is 0 Å². The normalized spacial score (nSPS) is 14.9. The number of amides is 2. The van der Waals surface area contributed by atoms with Crippen molar-refractivity contribution in [2.45, 2.75) is 37.8 Å². The molecule has 0 spiro atoms. The molecular weight excluding hydrogens is 418 g/mol. The number of rotatable bonds is 6. The molecule has 3 aromatic rings. The second-order valence-corrected chi connectivity index (χ2v) is 8.52. The summed E-state index contributed by atoms with van der Waals surface area (Å²) < 4.78 is 27.7. The standard InChI is InChI=1S/C24H22F2N2O2S/c25-17-12-10-16(11-13-17)22(23(29)27-19-6-1-2-7-19)28(20-8-3-5-18(26)15-20)24(30)21-9-4-14-31-21/h3-5,8-15,19,22H,1-2,6-7H2,(H,27,29)/t22-/m1/s1. The number of hydrogen-bond donors (Lipinski definition) is 1. The molecule has 0 aliphatic heterocycles. The molecule has 1 fully saturated rings. The minimum atomic E-state index is -1.07. The number of hydrogen-bond acceptors (Lipinski definition) is 3. The van der Waals surface area contributed by atoms with Crippen molar-refractivity contribution >= 4 is 28.8 Å². The van der Waals surface area contributed by atoms with Crippen molar-refractivity contribution in [3.63, 3.8) is 0 Å². The summed E-state index contributed by atoms with van der Waals surface area (Å²) in [6, 6.07) is 13.4. The first-order valence-corrected chi connectivity index (χ1v) is 11.1. The molecule has 1 heterocycles. The summed E-state index contributed by atoms with van der Waals surface area (Å²) in [4.78, 5) is 28.7. The lowest BCUT2D eigenvalue weighted by Crippen LogP contribution is -2.46. The van der Waals surface area contributed by atoms with Gasteiger partial charge in [0.05, 0.1) is 4.88 Å². The number of nitrogens with zero attached hydrogens (tertiary/aromatic N) is 1. The van der Waals surface area contributed by atoms with Gasteiger partial charge in [0.2, 0.25) is 5.91 Å². The van der Waals surface area contributed by atoms with Gasteiger partial charge < -0.3 is 5.32 Å². The highest BCUT2D eigenvalue weighted by molar-refractivity contribution is 7.12. The van der Waals surface area contributed by atoms with E-state index in [0.717, 1.165) is 25.7 Å². The predicted molar refractivity (Wildman–Crippen MR) is 117 cm³/mol. The average molecular weight is 441 g/mol. The van der Waals surface area contributed by atoms with Gasteiger partial charge in [-0.3, -0.25) is 14.5 Å². The van der Waals surface area contributed by atoms with E-state index in [9.17, 15) is 18.4 Å². The predicted octanol–water partition coefficient (Wildman–Crippen LogP) is 5.47. The number of halogens is 2. The van der Waals surface area contributed by atoms with Gasteiger partial charge in [0.15, 0.2) is 0 Å². The Morgan fingerprint density at radius 2 is 1.71 bits per heavy atom. The Kier molecular flexibility index (Phi) is 6.42. The first kappa shape index (κ1) is 21.2. The number of nitrogens with one attached hydrogen (secondary N) is 1. The molecule has 7 heteroatoms. The van der Waals surface area contributed by atoms with E-state index in [-0.39, 0.29) is 17.6 Å². The highest BCUT2D eigenvalue weighted by Gasteiger charge is 2.35. The zero-order valence-corrected chi connectivity index (χ0v) is 17.6. The van der Waals surface area contributed by atoms with Crippen molar-refractivity contribution in [1.29, 1.82) is 0 Å². The molecule has 2 amide bonds. The Labute approximate surface area is 183 Å². The smallest absolute Gasteiger partial charge is 0.269 e. The lowest BCUT2D eigenvalue weighted by Gasteiger charge is -2.32. The maximum Gasteiger partial charge on any atom is 0.269 e. The zero-order chi connectivity index (χ0) is 21.8. The van der Waals surface area contributed by atoms with Crippen LogP contribution in [0.3, 0.4) is 0 Å². The van der Waals surface area contributed by atoms with Crippen LogP contribution in [0.15, 0.2) is 66.0 Å². The summed E-state index contributed by atoms with van der Waals surface area (Å²) in [5.74, 6) is -1.75. The van der Waals surface area contributed by atoms with E-state index in [4.69, 9.17) is 0 Å². The molecule has 2 aromatic carbocycles. The van der Waals surface area contributed by atoms with Crippen LogP contribution in [0.5, 0.6) is 0 Å². The van der Waals surface area contributed by atoms with Crippen LogP contribution in [0.1, 0.15) is 47.0 Å². The molecule has 0 bridgehead atoms. The minimum Gasteiger partial charge on any atom is -0.351 e. The maximum atomic E-state index is 14.1. The fraction of sp³-hybridized carbons (Fsp3) is 0.250. The van der Waals surface area contributed by atoms with Crippen LogP contribution in [0.4, 0.5) is 14.5 Å². The van der Waals surface area contributed by atoms with Crippen molar-refractivity contribution in [1.82, 2.24) is 5.32 Å². The molecule has 1 N–H and O–H groups in total. The average Bonchev–Trinajstić information content (AvgIpc) is 3.46. The largest absolute Gasteiger partial charge is 0.351 e. The molecular formula is C24H22F2N2O2S. The highest BCUT2D eigenvalue weighted by Crippen LogP contribution is 2.32. The van der Waals surface area contributed by atoms with E-state index in [1.807, 2.05) is 0 Å². The van der Waals surface area contributed by atoms with Gasteiger partial charge in [0.25, 0.3) is 5.91 Å². The highest BCUT2D eigenvalue weighted by atomic mass is 32.1. The summed E-state index contributed by atoms with van der Waals surface area (Å²) in [6.45, 7) is 0. The molecule has 160 valence electrons. The van der Waals surface area contributed by atoms with Crippen LogP contribution in [0.25, 0.3) is 0 Å². The summed E-state index contributed by atoms with van der Waals surface area (Å²) in [7, 11) is 0. The van der Waals surface area contributed by atoms with Crippen LogP contribution in [0, 0.1) is 11.6 Å². The lowest BCUT2D eigenvalue weighted by atomic mass is 10.0. The first-order chi connectivity index (χ1) is 15.0. The Morgan fingerprint density at radius 3 is 2.35 bits per heavy atom. The van der Waals surface area contributed by atoms with E-state index in [1.54, 1.807) is 23.6 Å². The molecule has 1 aliphatic carbocycles. The zero-order valence-electron chi connectivity index (χ0n) is 16.8. The fourth-order valence-electron chi connectivity index (χ4n) is 3.94. The van der Waals surface area contributed by atoms with Gasteiger partial charge >= 0.3 is 0 Å². The van der Waals surface area contributed by atoms with Crippen molar-refractivity contribution < 1.29 is 18.4 Å². The third-order valence-corrected chi connectivity index (χ3v) is 6.29. The Hall–Kier alpha value is -3.06. The van der Waals surface area contributed by atoms with Crippen LogP contribution in [0.2, 0.25) is 0 Å². The number of thiophene rings is 1. The summed E-state index contributed by atoms with van der Waals surface area (Å²) in [5.41, 5.74) is 0.709. The molecule has 4 nitrogen and oxygen atoms in total. The quantitative estimate of drug-likeness (QED) is 0.552. The van der Waals surface area contributed by atoms with E-state index < -0.39 is 23.6 Å². The third kappa shape index (κ3) is 4.82. The van der Waals surface area contributed by atoms with E-state index >= 15 is 0 Å². The molecule has 1 aromatic heterocycles. The Balaban J connectivity index is 1.80. The molecule has 1 aliphatic rings. The monoisotopic (exact) mass is 440 g/mol. The summed E-state index contributed by atoms with van der Waals surface area (Å²) in [5, 5.41) is 4.81. The van der Waals surface area contributed by atoms with Crippen LogP contribution in [-0.2, 0) is 4.79 Å². The van der Waals surface area contributed by atoms with Gasteiger partial charge in [0.1, 0.15) is 17.7 Å². The molecule has 31 heavy (non-hydrogen) atoms. The van der Waals surface area contributed by atoms with Gasteiger partial charge in [-0.1, -0.05) is 37.1 Å². The van der Waals surface area contributed by atoms with Gasteiger partial charge in [-0.25, -0.2) is 8.78 Å². The number of carbonyl (C=O) groups excluding carboxylic acids is 2. The van der Waals surface area contributed by atoms with Crippen molar-refractivity contribution in [2.75, 3.05) is 4.90 Å². The lowest BCUT2D eigenvalue weighted by molar-refractivity contribution is -0.123. The van der Waals surface area contributed by atoms with Crippen molar-refractivity contribution in [3.05, 3.63) is 88.1 Å². The minimum absolute atomic E-state index is 0.0293. The number of carbonyl (C=O) groups is 2. The van der Waals surface area contributed by atoms with Gasteiger partial charge in [0, 0.05) is 11.7 Å². The van der Waals surface area contributed by atoms with Crippen LogP contribution in [-0.4, -0.2) is 17.9 Å². The molecule has 0 unspecified atom stereocenters. The molecule has 0 radical (unpaired) electrons. The Bertz CT molecular complexity index is 1050. The van der Waals surface area contributed by atoms with E-state index in [0.29, 0.717) is 10.4 Å². The van der Waals surface area contributed by atoms with E-state index in [1.165, 1.54) is 58.7 Å². The topological polar surface area (TPSA) is 49.4 Å². The van der Waals surface area contributed by atoms with Gasteiger partial charge in [-0.15, -0.1) is 11.3 Å². The molecule has 1 saturated carbocycles. The third-order valence-electron chi connectivity index (χ3n) is 5.43. The maximum absolute atomic E-state index is 14.1. The van der Waals surface area contributed by atoms with Crippen LogP contribution < -0.4 is 10.2 Å². The molecule has 4 rings (SSSR count). The van der Waals surface area contributed by atoms with Gasteiger partial charge in [-0.05, 0) is 60.2 Å². The Morgan fingerprint density at radius 1 is 0.968 bits per heavy atom. The van der Waals surface area contributed by atoms with Crippen LogP contribution >= 0.6 is 11.3 Å². The van der Waals surface area contributed by atoms with Crippen molar-refractivity contribution in [3.8, 4) is 0 Å². The summed E-state index contributed by atoms with van der Waals surface area (Å²) >= 11 is 1.24. The molecule has 0 saturated heterocycles. The number of benzene rings is 2. The molecule has 1 atom stereocenters. The fourth-order valence-corrected chi connectivity index (χ4v) is 4.60. The van der Waals surface area contributed by atoms with Crippen molar-refractivity contribution in [2.24, 2.45) is 0 Å².